The summed E-state index contributed by atoms with van der Waals surface area (Å²) in [6, 6.07) is 18.3. The summed E-state index contributed by atoms with van der Waals surface area (Å²) in [6.45, 7) is 2.31. The number of hydrogen-bond donors (Lipinski definition) is 0. The molecule has 2 aromatic rings. The lowest BCUT2D eigenvalue weighted by atomic mass is 10.1. The van der Waals surface area contributed by atoms with Gasteiger partial charge < -0.3 is 4.74 Å². The molecule has 0 spiro atoms. The van der Waals surface area contributed by atoms with Gasteiger partial charge in [-0.2, -0.15) is 0 Å². The first-order valence-corrected chi connectivity index (χ1v) is 7.62. The fourth-order valence-electron chi connectivity index (χ4n) is 2.35. The van der Waals surface area contributed by atoms with Crippen LogP contribution >= 0.6 is 15.9 Å². The number of hydrogen-bond acceptors (Lipinski definition) is 1. The fraction of sp³-hybridized carbons (Fsp3) is 0.294. The predicted octanol–water partition coefficient (Wildman–Crippen LogP) is 5.57. The van der Waals surface area contributed by atoms with E-state index in [4.69, 9.17) is 4.74 Å². The van der Waals surface area contributed by atoms with Gasteiger partial charge >= 0.3 is 0 Å². The van der Waals surface area contributed by atoms with Crippen molar-refractivity contribution in [3.63, 3.8) is 0 Å². The largest absolute Gasteiger partial charge is 0.457 e. The minimum absolute atomic E-state index is 0.480. The molecule has 1 aliphatic rings. The molecule has 1 fully saturated rings. The molecule has 1 saturated carbocycles. The number of para-hydroxylation sites is 1. The summed E-state index contributed by atoms with van der Waals surface area (Å²) in [4.78, 5) is 0.480. The molecule has 0 aromatic heterocycles. The molecule has 3 rings (SSSR count). The predicted molar refractivity (Wildman–Crippen MR) is 81.9 cm³/mol. The van der Waals surface area contributed by atoms with E-state index in [2.05, 4.69) is 35.0 Å². The Morgan fingerprint density at radius 1 is 1.00 bits per heavy atom. The van der Waals surface area contributed by atoms with E-state index >= 15 is 0 Å². The first-order chi connectivity index (χ1) is 9.24. The van der Waals surface area contributed by atoms with E-state index in [1.807, 2.05) is 42.5 Å². The number of halogens is 1. The van der Waals surface area contributed by atoms with Crippen LogP contribution in [0.25, 0.3) is 0 Å². The van der Waals surface area contributed by atoms with Crippen LogP contribution in [0.3, 0.4) is 0 Å². The highest BCUT2D eigenvalue weighted by atomic mass is 79.9. The minimum Gasteiger partial charge on any atom is -0.457 e. The Morgan fingerprint density at radius 3 is 2.16 bits per heavy atom. The van der Waals surface area contributed by atoms with Crippen LogP contribution in [0.5, 0.6) is 11.5 Å². The summed E-state index contributed by atoms with van der Waals surface area (Å²) < 4.78 is 5.79. The quantitative estimate of drug-likeness (QED) is 0.670. The van der Waals surface area contributed by atoms with Gasteiger partial charge in [0.15, 0.2) is 0 Å². The van der Waals surface area contributed by atoms with Crippen LogP contribution in [-0.4, -0.2) is 0 Å². The summed E-state index contributed by atoms with van der Waals surface area (Å²) in [5.74, 6) is 3.41. The molecule has 2 heteroatoms. The summed E-state index contributed by atoms with van der Waals surface area (Å²) in [6.07, 6.45) is 1.33. The average molecular weight is 317 g/mol. The second kappa shape index (κ2) is 5.38. The standard InChI is InChI=1S/C17H17BrO/c1-12-11-16(12)17(18)13-7-9-15(10-8-13)19-14-5-3-2-4-6-14/h2-10,12,16-17H,11H2,1H3. The lowest BCUT2D eigenvalue weighted by Gasteiger charge is -2.11. The van der Waals surface area contributed by atoms with Crippen molar-refractivity contribution in [2.75, 3.05) is 0 Å². The van der Waals surface area contributed by atoms with Crippen LogP contribution in [0.1, 0.15) is 23.7 Å². The van der Waals surface area contributed by atoms with E-state index in [1.165, 1.54) is 12.0 Å². The van der Waals surface area contributed by atoms with E-state index in [-0.39, 0.29) is 0 Å². The first kappa shape index (κ1) is 12.7. The van der Waals surface area contributed by atoms with Crippen LogP contribution in [0.4, 0.5) is 0 Å². The Hall–Kier alpha value is -1.28. The molecule has 3 unspecified atom stereocenters. The third-order valence-corrected chi connectivity index (χ3v) is 4.93. The lowest BCUT2D eigenvalue weighted by molar-refractivity contribution is 0.482. The summed E-state index contributed by atoms with van der Waals surface area (Å²) in [5.41, 5.74) is 1.34. The molecule has 3 atom stereocenters. The van der Waals surface area contributed by atoms with Crippen molar-refractivity contribution in [1.82, 2.24) is 0 Å². The summed E-state index contributed by atoms with van der Waals surface area (Å²) in [5, 5.41) is 0. The van der Waals surface area contributed by atoms with Crippen molar-refractivity contribution in [3.05, 3.63) is 60.2 Å². The van der Waals surface area contributed by atoms with Gasteiger partial charge in [0.05, 0.1) is 0 Å². The van der Waals surface area contributed by atoms with Gasteiger partial charge in [-0.15, -0.1) is 0 Å². The Bertz CT molecular complexity index is 535. The fourth-order valence-corrected chi connectivity index (χ4v) is 3.39. The second-order valence-electron chi connectivity index (χ2n) is 5.26. The smallest absolute Gasteiger partial charge is 0.127 e. The highest BCUT2D eigenvalue weighted by Gasteiger charge is 2.38. The molecule has 1 aliphatic carbocycles. The van der Waals surface area contributed by atoms with Crippen LogP contribution in [0.2, 0.25) is 0 Å². The van der Waals surface area contributed by atoms with E-state index in [9.17, 15) is 0 Å². The average Bonchev–Trinajstić information content (AvgIpc) is 3.17. The van der Waals surface area contributed by atoms with E-state index in [0.717, 1.165) is 23.3 Å². The molecule has 0 aliphatic heterocycles. The van der Waals surface area contributed by atoms with Gasteiger partial charge in [0.2, 0.25) is 0 Å². The lowest BCUT2D eigenvalue weighted by Crippen LogP contribution is -1.93. The van der Waals surface area contributed by atoms with Crippen LogP contribution in [-0.2, 0) is 0 Å². The Balaban J connectivity index is 1.69. The number of alkyl halides is 1. The Morgan fingerprint density at radius 2 is 1.58 bits per heavy atom. The van der Waals surface area contributed by atoms with Gasteiger partial charge in [0, 0.05) is 4.83 Å². The molecule has 98 valence electrons. The van der Waals surface area contributed by atoms with Gasteiger partial charge in [0.25, 0.3) is 0 Å². The molecule has 0 bridgehead atoms. The van der Waals surface area contributed by atoms with Crippen molar-refractivity contribution >= 4 is 15.9 Å². The highest BCUT2D eigenvalue weighted by Crippen LogP contribution is 2.51. The SMILES string of the molecule is CC1CC1C(Br)c1ccc(Oc2ccccc2)cc1. The topological polar surface area (TPSA) is 9.23 Å². The normalized spacial score (nSPS) is 22.8. The van der Waals surface area contributed by atoms with Gasteiger partial charge in [-0.1, -0.05) is 53.2 Å². The van der Waals surface area contributed by atoms with Crippen LogP contribution in [0, 0.1) is 11.8 Å². The van der Waals surface area contributed by atoms with Gasteiger partial charge in [-0.05, 0) is 48.1 Å². The number of ether oxygens (including phenoxy) is 1. The van der Waals surface area contributed by atoms with Gasteiger partial charge in [0.1, 0.15) is 11.5 Å². The minimum atomic E-state index is 0.480. The van der Waals surface area contributed by atoms with Crippen LogP contribution < -0.4 is 4.74 Å². The molecule has 0 heterocycles. The zero-order chi connectivity index (χ0) is 13.2. The Labute approximate surface area is 122 Å². The number of benzene rings is 2. The maximum absolute atomic E-state index is 5.79. The van der Waals surface area contributed by atoms with Crippen molar-refractivity contribution in [3.8, 4) is 11.5 Å². The van der Waals surface area contributed by atoms with E-state index in [1.54, 1.807) is 0 Å². The third-order valence-electron chi connectivity index (χ3n) is 3.73. The molecule has 0 N–H and O–H groups in total. The maximum Gasteiger partial charge on any atom is 0.127 e. The molecular weight excluding hydrogens is 300 g/mol. The summed E-state index contributed by atoms with van der Waals surface area (Å²) >= 11 is 3.80. The summed E-state index contributed by atoms with van der Waals surface area (Å²) in [7, 11) is 0. The zero-order valence-corrected chi connectivity index (χ0v) is 12.5. The van der Waals surface area contributed by atoms with Gasteiger partial charge in [-0.3, -0.25) is 0 Å². The second-order valence-corrected chi connectivity index (χ2v) is 6.25. The molecule has 19 heavy (non-hydrogen) atoms. The molecule has 1 nitrogen and oxygen atoms in total. The molecule has 0 radical (unpaired) electrons. The van der Waals surface area contributed by atoms with Crippen molar-refractivity contribution in [2.45, 2.75) is 18.2 Å². The first-order valence-electron chi connectivity index (χ1n) is 6.71. The molecular formula is C17H17BrO. The van der Waals surface area contributed by atoms with Crippen molar-refractivity contribution < 1.29 is 4.74 Å². The van der Waals surface area contributed by atoms with E-state index in [0.29, 0.717) is 4.83 Å². The Kier molecular flexibility index (Phi) is 3.61. The van der Waals surface area contributed by atoms with Crippen LogP contribution in [0.15, 0.2) is 54.6 Å². The molecule has 2 aromatic carbocycles. The highest BCUT2D eigenvalue weighted by molar-refractivity contribution is 9.09. The number of rotatable bonds is 4. The van der Waals surface area contributed by atoms with Crippen molar-refractivity contribution in [1.29, 1.82) is 0 Å². The third kappa shape index (κ3) is 3.01. The van der Waals surface area contributed by atoms with Crippen molar-refractivity contribution in [2.24, 2.45) is 11.8 Å². The van der Waals surface area contributed by atoms with Gasteiger partial charge in [-0.25, -0.2) is 0 Å². The zero-order valence-electron chi connectivity index (χ0n) is 10.9. The molecule has 0 amide bonds. The monoisotopic (exact) mass is 316 g/mol. The molecule has 0 saturated heterocycles. The maximum atomic E-state index is 5.79. The van der Waals surface area contributed by atoms with E-state index < -0.39 is 0 Å².